The molecule has 0 radical (unpaired) electrons. The van der Waals surface area contributed by atoms with Crippen molar-refractivity contribution in [3.63, 3.8) is 0 Å². The van der Waals surface area contributed by atoms with Gasteiger partial charge in [0.05, 0.1) is 17.0 Å². The number of sulfonamides is 1. The maximum Gasteiger partial charge on any atom is 0.329 e. The predicted octanol–water partition coefficient (Wildman–Crippen LogP) is 2.37. The smallest absolute Gasteiger partial charge is 0.329 e. The highest BCUT2D eigenvalue weighted by Gasteiger charge is 2.18. The number of benzene rings is 2. The highest BCUT2D eigenvalue weighted by Crippen LogP contribution is 2.19. The molecule has 0 saturated carbocycles. The van der Waals surface area contributed by atoms with Crippen LogP contribution in [0.3, 0.4) is 0 Å². The number of aryl methyl sites for hydroxylation is 1. The molecule has 3 rings (SSSR count). The summed E-state index contributed by atoms with van der Waals surface area (Å²) >= 11 is 0. The summed E-state index contributed by atoms with van der Waals surface area (Å²) in [4.78, 5) is 15.8. The van der Waals surface area contributed by atoms with Crippen LogP contribution in [-0.2, 0) is 16.6 Å². The molecule has 0 saturated heterocycles. The topological polar surface area (TPSA) is 114 Å². The third-order valence-corrected chi connectivity index (χ3v) is 4.89. The Morgan fingerprint density at radius 3 is 2.56 bits per heavy atom. The van der Waals surface area contributed by atoms with Gasteiger partial charge in [-0.05, 0) is 31.2 Å². The van der Waals surface area contributed by atoms with E-state index in [1.165, 1.54) is 30.3 Å². The molecule has 0 unspecified atom stereocenters. The largest absolute Gasteiger partial charge is 0.337 e. The first-order valence-corrected chi connectivity index (χ1v) is 9.28. The summed E-state index contributed by atoms with van der Waals surface area (Å²) in [5, 5.41) is 5.94. The van der Waals surface area contributed by atoms with Gasteiger partial charge in [-0.1, -0.05) is 35.0 Å². The van der Waals surface area contributed by atoms with Crippen molar-refractivity contribution >= 4 is 16.1 Å². The number of halogens is 1. The zero-order valence-electron chi connectivity index (χ0n) is 14.1. The molecule has 140 valence electrons. The van der Waals surface area contributed by atoms with Crippen molar-refractivity contribution in [1.29, 1.82) is 0 Å². The Hall–Kier alpha value is -3.27. The number of hydrogen-bond acceptors (Lipinski definition) is 6. The average molecular weight is 390 g/mol. The van der Waals surface area contributed by atoms with E-state index < -0.39 is 21.9 Å². The van der Waals surface area contributed by atoms with Crippen molar-refractivity contribution in [3.8, 4) is 11.4 Å². The van der Waals surface area contributed by atoms with Gasteiger partial charge in [0, 0.05) is 0 Å². The van der Waals surface area contributed by atoms with Gasteiger partial charge in [-0.25, -0.2) is 22.3 Å². The standard InChI is InChI=1S/C17H15FN4O4S/c1-11-6-8-12(9-7-11)27(24,25)22-17(23)19-10-15-20-16(21-26-15)13-4-2-3-5-14(13)18/h2-9H,10H2,1H3,(H2,19,22,23). The predicted molar refractivity (Wildman–Crippen MR) is 93.4 cm³/mol. The van der Waals surface area contributed by atoms with Gasteiger partial charge in [0.2, 0.25) is 11.7 Å². The quantitative estimate of drug-likeness (QED) is 0.691. The van der Waals surface area contributed by atoms with Crippen LogP contribution in [0.1, 0.15) is 11.5 Å². The number of aromatic nitrogens is 2. The summed E-state index contributed by atoms with van der Waals surface area (Å²) in [6.45, 7) is 1.59. The van der Waals surface area contributed by atoms with E-state index in [0.29, 0.717) is 0 Å². The molecule has 10 heteroatoms. The first kappa shape index (κ1) is 18.5. The minimum absolute atomic E-state index is 0.00358. The normalized spacial score (nSPS) is 11.2. The van der Waals surface area contributed by atoms with E-state index in [1.54, 1.807) is 18.2 Å². The molecule has 2 aromatic carbocycles. The number of hydrogen-bond donors (Lipinski definition) is 2. The highest BCUT2D eigenvalue weighted by molar-refractivity contribution is 7.90. The van der Waals surface area contributed by atoms with Crippen LogP contribution in [0, 0.1) is 12.7 Å². The fourth-order valence-electron chi connectivity index (χ4n) is 2.17. The van der Waals surface area contributed by atoms with Crippen LogP contribution in [0.4, 0.5) is 9.18 Å². The van der Waals surface area contributed by atoms with Crippen LogP contribution < -0.4 is 10.0 Å². The number of amides is 2. The van der Waals surface area contributed by atoms with Gasteiger partial charge >= 0.3 is 6.03 Å². The van der Waals surface area contributed by atoms with E-state index in [4.69, 9.17) is 4.52 Å². The number of urea groups is 1. The van der Waals surface area contributed by atoms with Crippen molar-refractivity contribution in [3.05, 3.63) is 65.8 Å². The average Bonchev–Trinajstić information content (AvgIpc) is 3.09. The molecule has 8 nitrogen and oxygen atoms in total. The first-order chi connectivity index (χ1) is 12.8. The molecule has 0 aliphatic heterocycles. The van der Waals surface area contributed by atoms with Gasteiger partial charge in [0.15, 0.2) is 0 Å². The lowest BCUT2D eigenvalue weighted by molar-refractivity contribution is 0.243. The fourth-order valence-corrected chi connectivity index (χ4v) is 3.10. The third-order valence-electron chi connectivity index (χ3n) is 3.54. The summed E-state index contributed by atoms with van der Waals surface area (Å²) < 4.78 is 44.8. The Bertz CT molecular complexity index is 1060. The zero-order chi connectivity index (χ0) is 19.4. The molecule has 1 heterocycles. The lowest BCUT2D eigenvalue weighted by Gasteiger charge is -2.07. The second kappa shape index (κ2) is 7.54. The van der Waals surface area contributed by atoms with E-state index in [9.17, 15) is 17.6 Å². The van der Waals surface area contributed by atoms with Crippen LogP contribution in [0.15, 0.2) is 57.9 Å². The first-order valence-electron chi connectivity index (χ1n) is 7.80. The highest BCUT2D eigenvalue weighted by atomic mass is 32.2. The molecular weight excluding hydrogens is 375 g/mol. The fraction of sp³-hybridized carbons (Fsp3) is 0.118. The van der Waals surface area contributed by atoms with E-state index in [1.807, 2.05) is 11.6 Å². The van der Waals surface area contributed by atoms with Gasteiger partial charge in [-0.3, -0.25) is 0 Å². The Kier molecular flexibility index (Phi) is 5.17. The second-order valence-corrected chi connectivity index (χ2v) is 7.28. The van der Waals surface area contributed by atoms with Gasteiger partial charge in [0.1, 0.15) is 5.82 Å². The second-order valence-electron chi connectivity index (χ2n) is 5.59. The third kappa shape index (κ3) is 4.47. The lowest BCUT2D eigenvalue weighted by Crippen LogP contribution is -2.39. The van der Waals surface area contributed by atoms with Crippen LogP contribution >= 0.6 is 0 Å². The van der Waals surface area contributed by atoms with Crippen LogP contribution in [-0.4, -0.2) is 24.6 Å². The maximum atomic E-state index is 13.7. The lowest BCUT2D eigenvalue weighted by atomic mass is 10.2. The molecule has 2 amide bonds. The van der Waals surface area contributed by atoms with E-state index in [0.717, 1.165) is 5.56 Å². The molecule has 0 aliphatic carbocycles. The number of rotatable bonds is 5. The van der Waals surface area contributed by atoms with Crippen molar-refractivity contribution in [2.75, 3.05) is 0 Å². The van der Waals surface area contributed by atoms with Crippen molar-refractivity contribution in [2.45, 2.75) is 18.4 Å². The number of nitrogens with zero attached hydrogens (tertiary/aromatic N) is 2. The van der Waals surface area contributed by atoms with E-state index >= 15 is 0 Å². The molecule has 0 atom stereocenters. The minimum atomic E-state index is -4.00. The van der Waals surface area contributed by atoms with Crippen LogP contribution in [0.25, 0.3) is 11.4 Å². The number of carbonyl (C=O) groups is 1. The molecule has 0 aliphatic rings. The molecule has 2 N–H and O–H groups in total. The SMILES string of the molecule is Cc1ccc(S(=O)(=O)NC(=O)NCc2nc(-c3ccccc3F)no2)cc1. The summed E-state index contributed by atoms with van der Waals surface area (Å²) in [5.41, 5.74) is 1.04. The Morgan fingerprint density at radius 2 is 1.85 bits per heavy atom. The van der Waals surface area contributed by atoms with Crippen LogP contribution in [0.2, 0.25) is 0 Å². The Balaban J connectivity index is 1.61. The minimum Gasteiger partial charge on any atom is -0.337 e. The van der Waals surface area contributed by atoms with Gasteiger partial charge in [-0.2, -0.15) is 4.98 Å². The maximum absolute atomic E-state index is 13.7. The molecule has 3 aromatic rings. The van der Waals surface area contributed by atoms with Crippen molar-refractivity contribution in [1.82, 2.24) is 20.2 Å². The summed E-state index contributed by atoms with van der Waals surface area (Å²) in [7, 11) is -4.00. The molecule has 0 bridgehead atoms. The van der Waals surface area contributed by atoms with Gasteiger partial charge in [0.25, 0.3) is 10.0 Å². The summed E-state index contributed by atoms with van der Waals surface area (Å²) in [6.07, 6.45) is 0. The van der Waals surface area contributed by atoms with Crippen LogP contribution in [0.5, 0.6) is 0 Å². The van der Waals surface area contributed by atoms with Crippen molar-refractivity contribution < 1.29 is 22.1 Å². The Morgan fingerprint density at radius 1 is 1.15 bits per heavy atom. The molecule has 0 spiro atoms. The molecule has 27 heavy (non-hydrogen) atoms. The summed E-state index contributed by atoms with van der Waals surface area (Å²) in [6, 6.07) is 11.0. The number of nitrogens with one attached hydrogen (secondary N) is 2. The number of carbonyl (C=O) groups excluding carboxylic acids is 1. The Labute approximate surface area is 154 Å². The van der Waals surface area contributed by atoms with Gasteiger partial charge in [-0.15, -0.1) is 0 Å². The van der Waals surface area contributed by atoms with E-state index in [-0.39, 0.29) is 28.7 Å². The molecule has 0 fully saturated rings. The van der Waals surface area contributed by atoms with Gasteiger partial charge < -0.3 is 9.84 Å². The zero-order valence-corrected chi connectivity index (χ0v) is 15.0. The molecular formula is C17H15FN4O4S. The molecule has 1 aromatic heterocycles. The van der Waals surface area contributed by atoms with Crippen molar-refractivity contribution in [2.24, 2.45) is 0 Å². The van der Waals surface area contributed by atoms with E-state index in [2.05, 4.69) is 15.5 Å². The summed E-state index contributed by atoms with van der Waals surface area (Å²) in [5.74, 6) is -0.492. The monoisotopic (exact) mass is 390 g/mol.